The van der Waals surface area contributed by atoms with E-state index in [1.54, 1.807) is 0 Å². The van der Waals surface area contributed by atoms with Gasteiger partial charge in [-0.15, -0.1) is 10.2 Å². The highest BCUT2D eigenvalue weighted by atomic mass is 32.1. The molecule has 2 fully saturated rings. The number of piperidine rings is 2. The molecule has 33 heavy (non-hydrogen) atoms. The van der Waals surface area contributed by atoms with Gasteiger partial charge in [-0.3, -0.25) is 29.4 Å². The standard InChI is InChI=1S/C21H21FN6O4S/c22-12-2-1-11-16(21(32)28(20(11)31)13-3-4-14(29)25-18(13)30)17(12)24-9-15-26-27-19(33-15)10-5-7-23-8-6-10/h1-2,10,13,23-24H,3-9H2,(H,25,29,30). The molecule has 0 aliphatic carbocycles. The molecule has 0 radical (unpaired) electrons. The fourth-order valence-electron chi connectivity index (χ4n) is 4.44. The average molecular weight is 473 g/mol. The number of imide groups is 2. The van der Waals surface area contributed by atoms with E-state index in [4.69, 9.17) is 0 Å². The van der Waals surface area contributed by atoms with Crippen LogP contribution in [0.3, 0.4) is 0 Å². The van der Waals surface area contributed by atoms with Gasteiger partial charge in [0, 0.05) is 12.3 Å². The van der Waals surface area contributed by atoms with E-state index in [9.17, 15) is 23.6 Å². The van der Waals surface area contributed by atoms with Crippen molar-refractivity contribution in [3.05, 3.63) is 39.1 Å². The van der Waals surface area contributed by atoms with Gasteiger partial charge in [0.25, 0.3) is 11.8 Å². The van der Waals surface area contributed by atoms with Crippen molar-refractivity contribution in [1.29, 1.82) is 0 Å². The van der Waals surface area contributed by atoms with E-state index >= 15 is 0 Å². The molecule has 4 heterocycles. The van der Waals surface area contributed by atoms with Crippen molar-refractivity contribution in [2.75, 3.05) is 18.4 Å². The normalized spacial score (nSPS) is 21.4. The van der Waals surface area contributed by atoms with Crippen LogP contribution < -0.4 is 16.0 Å². The lowest BCUT2D eigenvalue weighted by molar-refractivity contribution is -0.136. The zero-order valence-corrected chi connectivity index (χ0v) is 18.3. The van der Waals surface area contributed by atoms with E-state index in [2.05, 4.69) is 26.1 Å². The summed E-state index contributed by atoms with van der Waals surface area (Å²) in [5.74, 6) is -2.97. The van der Waals surface area contributed by atoms with Crippen molar-refractivity contribution in [3.63, 3.8) is 0 Å². The molecule has 3 aliphatic heterocycles. The van der Waals surface area contributed by atoms with E-state index in [0.29, 0.717) is 10.9 Å². The van der Waals surface area contributed by atoms with Crippen molar-refractivity contribution in [1.82, 2.24) is 25.7 Å². The van der Waals surface area contributed by atoms with Gasteiger partial charge in [0.05, 0.1) is 23.4 Å². The van der Waals surface area contributed by atoms with Gasteiger partial charge < -0.3 is 10.6 Å². The summed E-state index contributed by atoms with van der Waals surface area (Å²) in [7, 11) is 0. The molecular weight excluding hydrogens is 451 g/mol. The van der Waals surface area contributed by atoms with Crippen LogP contribution in [0.5, 0.6) is 0 Å². The predicted octanol–water partition coefficient (Wildman–Crippen LogP) is 1.16. The molecule has 10 nitrogen and oxygen atoms in total. The van der Waals surface area contributed by atoms with Gasteiger partial charge in [-0.1, -0.05) is 11.3 Å². The number of benzene rings is 1. The summed E-state index contributed by atoms with van der Waals surface area (Å²) in [5, 5.41) is 18.4. The summed E-state index contributed by atoms with van der Waals surface area (Å²) in [5.41, 5.74) is -0.215. The van der Waals surface area contributed by atoms with Gasteiger partial charge >= 0.3 is 0 Å². The number of nitrogens with one attached hydrogen (secondary N) is 3. The number of hydrogen-bond acceptors (Lipinski definition) is 9. The van der Waals surface area contributed by atoms with Gasteiger partial charge in [-0.2, -0.15) is 0 Å². The Morgan fingerprint density at radius 2 is 1.88 bits per heavy atom. The van der Waals surface area contributed by atoms with Crippen LogP contribution in [0.1, 0.15) is 62.3 Å². The van der Waals surface area contributed by atoms with Crippen LogP contribution in [0, 0.1) is 5.82 Å². The molecule has 1 atom stereocenters. The minimum absolute atomic E-state index is 0.0136. The quantitative estimate of drug-likeness (QED) is 0.552. The van der Waals surface area contributed by atoms with Crippen molar-refractivity contribution < 1.29 is 23.6 Å². The van der Waals surface area contributed by atoms with Crippen LogP contribution in [0.2, 0.25) is 0 Å². The van der Waals surface area contributed by atoms with Crippen molar-refractivity contribution in [2.24, 2.45) is 0 Å². The van der Waals surface area contributed by atoms with E-state index in [1.165, 1.54) is 17.4 Å². The van der Waals surface area contributed by atoms with Gasteiger partial charge in [-0.05, 0) is 44.5 Å². The zero-order chi connectivity index (χ0) is 23.1. The molecule has 2 aromatic rings. The number of hydrogen-bond donors (Lipinski definition) is 3. The Balaban J connectivity index is 1.37. The molecule has 1 unspecified atom stereocenters. The van der Waals surface area contributed by atoms with Crippen molar-refractivity contribution in [2.45, 2.75) is 44.2 Å². The lowest BCUT2D eigenvalue weighted by atomic mass is 9.99. The number of anilines is 1. The Bertz CT molecular complexity index is 1160. The maximum atomic E-state index is 14.7. The highest BCUT2D eigenvalue weighted by molar-refractivity contribution is 7.11. The molecule has 0 saturated carbocycles. The number of aromatic nitrogens is 2. The second kappa shape index (κ2) is 8.60. The highest BCUT2D eigenvalue weighted by Gasteiger charge is 2.46. The maximum absolute atomic E-state index is 14.7. The second-order valence-electron chi connectivity index (χ2n) is 8.20. The third-order valence-corrected chi connectivity index (χ3v) is 7.23. The second-order valence-corrected chi connectivity index (χ2v) is 9.30. The molecule has 1 aromatic carbocycles. The molecule has 1 aromatic heterocycles. The van der Waals surface area contributed by atoms with E-state index in [0.717, 1.165) is 41.9 Å². The first kappa shape index (κ1) is 21.6. The highest BCUT2D eigenvalue weighted by Crippen LogP contribution is 2.35. The molecule has 3 aliphatic rings. The molecule has 4 amide bonds. The third kappa shape index (κ3) is 3.89. The van der Waals surface area contributed by atoms with Crippen molar-refractivity contribution in [3.8, 4) is 0 Å². The van der Waals surface area contributed by atoms with Crippen LogP contribution >= 0.6 is 11.3 Å². The van der Waals surface area contributed by atoms with Gasteiger partial charge in [0.15, 0.2) is 0 Å². The summed E-state index contributed by atoms with van der Waals surface area (Å²) < 4.78 is 14.7. The SMILES string of the molecule is O=C1CCC(N2C(=O)c3ccc(F)c(NCc4nnc(C5CCNCC5)s4)c3C2=O)C(=O)N1. The number of rotatable bonds is 5. The van der Waals surface area contributed by atoms with E-state index in [1.807, 2.05) is 0 Å². The average Bonchev–Trinajstić information content (AvgIpc) is 3.37. The van der Waals surface area contributed by atoms with Crippen LogP contribution in [0.15, 0.2) is 12.1 Å². The molecule has 172 valence electrons. The summed E-state index contributed by atoms with van der Waals surface area (Å²) in [4.78, 5) is 50.5. The fourth-order valence-corrected chi connectivity index (χ4v) is 5.39. The molecule has 12 heteroatoms. The van der Waals surface area contributed by atoms with Gasteiger partial charge in [0.2, 0.25) is 11.8 Å². The first-order valence-corrected chi connectivity index (χ1v) is 11.6. The monoisotopic (exact) mass is 472 g/mol. The maximum Gasteiger partial charge on any atom is 0.264 e. The molecule has 0 spiro atoms. The number of nitrogens with zero attached hydrogens (tertiary/aromatic N) is 3. The smallest absolute Gasteiger partial charge is 0.264 e. The van der Waals surface area contributed by atoms with Crippen LogP contribution in [0.25, 0.3) is 0 Å². The minimum atomic E-state index is -1.11. The van der Waals surface area contributed by atoms with Gasteiger partial charge in [0.1, 0.15) is 21.9 Å². The number of fused-ring (bicyclic) bond motifs is 1. The number of amides is 4. The molecule has 2 saturated heterocycles. The van der Waals surface area contributed by atoms with Gasteiger partial charge in [-0.25, -0.2) is 4.39 Å². The van der Waals surface area contributed by atoms with Crippen LogP contribution in [-0.2, 0) is 16.1 Å². The zero-order valence-electron chi connectivity index (χ0n) is 17.5. The molecular formula is C21H21FN6O4S. The number of carbonyl (C=O) groups excluding carboxylic acids is 4. The number of halogens is 1. The van der Waals surface area contributed by atoms with E-state index < -0.39 is 35.5 Å². The first-order chi connectivity index (χ1) is 15.9. The third-order valence-electron chi connectivity index (χ3n) is 6.15. The lowest BCUT2D eigenvalue weighted by Gasteiger charge is -2.27. The van der Waals surface area contributed by atoms with Crippen LogP contribution in [-0.4, -0.2) is 57.9 Å². The Morgan fingerprint density at radius 1 is 1.09 bits per heavy atom. The predicted molar refractivity (Wildman–Crippen MR) is 115 cm³/mol. The summed E-state index contributed by atoms with van der Waals surface area (Å²) >= 11 is 1.44. The largest absolute Gasteiger partial charge is 0.375 e. The molecule has 0 bridgehead atoms. The Labute approximate surface area is 191 Å². The lowest BCUT2D eigenvalue weighted by Crippen LogP contribution is -2.54. The number of carbonyl (C=O) groups is 4. The first-order valence-electron chi connectivity index (χ1n) is 10.7. The fraction of sp³-hybridized carbons (Fsp3) is 0.429. The Kier molecular flexibility index (Phi) is 5.62. The summed E-state index contributed by atoms with van der Waals surface area (Å²) in [6, 6.07) is 1.24. The molecule has 5 rings (SSSR count). The summed E-state index contributed by atoms with van der Waals surface area (Å²) in [6.45, 7) is 1.99. The van der Waals surface area contributed by atoms with E-state index in [-0.39, 0.29) is 36.2 Å². The Hall–Kier alpha value is -3.25. The minimum Gasteiger partial charge on any atom is -0.375 e. The molecule has 3 N–H and O–H groups in total. The van der Waals surface area contributed by atoms with Crippen molar-refractivity contribution >= 4 is 40.7 Å². The van der Waals surface area contributed by atoms with Crippen LogP contribution in [0.4, 0.5) is 10.1 Å². The topological polar surface area (TPSA) is 133 Å². The summed E-state index contributed by atoms with van der Waals surface area (Å²) in [6.07, 6.45) is 2.01. The Morgan fingerprint density at radius 3 is 2.64 bits per heavy atom.